The molecule has 2 saturated heterocycles. The molecule has 2 atom stereocenters. The van der Waals surface area contributed by atoms with Crippen LogP contribution in [-0.4, -0.2) is 52.9 Å². The highest BCUT2D eigenvalue weighted by Gasteiger charge is 2.34. The van der Waals surface area contributed by atoms with Crippen molar-refractivity contribution >= 4 is 23.1 Å². The molecule has 2 aliphatic rings. The second-order valence-corrected chi connectivity index (χ2v) is 5.80. The third-order valence-corrected chi connectivity index (χ3v) is 4.47. The first kappa shape index (κ1) is 13.7. The van der Waals surface area contributed by atoms with Crippen molar-refractivity contribution in [3.8, 4) is 0 Å². The van der Waals surface area contributed by atoms with Crippen molar-refractivity contribution in [2.45, 2.75) is 38.6 Å². The monoisotopic (exact) mass is 269 g/mol. The Labute approximate surface area is 114 Å². The Hall–Kier alpha value is -0.680. The van der Waals surface area contributed by atoms with E-state index in [0.29, 0.717) is 17.5 Å². The van der Waals surface area contributed by atoms with Gasteiger partial charge in [0.2, 0.25) is 5.91 Å². The van der Waals surface area contributed by atoms with E-state index in [-0.39, 0.29) is 11.8 Å². The second-order valence-electron chi connectivity index (χ2n) is 5.33. The van der Waals surface area contributed by atoms with E-state index >= 15 is 0 Å². The fourth-order valence-corrected chi connectivity index (χ4v) is 3.33. The summed E-state index contributed by atoms with van der Waals surface area (Å²) in [6.45, 7) is 6.07. The van der Waals surface area contributed by atoms with Crippen molar-refractivity contribution in [2.75, 3.05) is 26.2 Å². The molecule has 1 amide bonds. The van der Waals surface area contributed by atoms with Gasteiger partial charge in [0.05, 0.1) is 10.9 Å². The lowest BCUT2D eigenvalue weighted by Gasteiger charge is -2.25. The van der Waals surface area contributed by atoms with Gasteiger partial charge in [-0.25, -0.2) is 0 Å². The maximum Gasteiger partial charge on any atom is 0.232 e. The number of nitrogens with two attached hydrogens (primary N) is 1. The Morgan fingerprint density at radius 2 is 2.06 bits per heavy atom. The first-order valence-corrected chi connectivity index (χ1v) is 7.36. The highest BCUT2D eigenvalue weighted by atomic mass is 32.1. The summed E-state index contributed by atoms with van der Waals surface area (Å²) in [5.41, 5.74) is 5.65. The number of amides is 1. The van der Waals surface area contributed by atoms with Crippen LogP contribution in [0.15, 0.2) is 0 Å². The number of carbonyl (C=O) groups excluding carboxylic acids is 1. The van der Waals surface area contributed by atoms with Gasteiger partial charge in [0.15, 0.2) is 0 Å². The first-order valence-electron chi connectivity index (χ1n) is 6.95. The van der Waals surface area contributed by atoms with Gasteiger partial charge in [-0.2, -0.15) is 0 Å². The predicted molar refractivity (Wildman–Crippen MR) is 76.4 cm³/mol. The van der Waals surface area contributed by atoms with Crippen molar-refractivity contribution in [1.29, 1.82) is 0 Å². The minimum atomic E-state index is -0.266. The summed E-state index contributed by atoms with van der Waals surface area (Å²) >= 11 is 4.98. The van der Waals surface area contributed by atoms with E-state index < -0.39 is 0 Å². The molecule has 0 aromatic heterocycles. The molecule has 2 heterocycles. The van der Waals surface area contributed by atoms with Gasteiger partial charge < -0.3 is 10.6 Å². The molecule has 18 heavy (non-hydrogen) atoms. The van der Waals surface area contributed by atoms with Crippen molar-refractivity contribution in [3.05, 3.63) is 0 Å². The third-order valence-electron chi connectivity index (χ3n) is 4.18. The van der Waals surface area contributed by atoms with Gasteiger partial charge in [-0.15, -0.1) is 0 Å². The summed E-state index contributed by atoms with van der Waals surface area (Å²) < 4.78 is 0. The lowest BCUT2D eigenvalue weighted by Crippen LogP contribution is -2.42. The van der Waals surface area contributed by atoms with Crippen LogP contribution in [-0.2, 0) is 4.79 Å². The molecule has 0 aromatic carbocycles. The van der Waals surface area contributed by atoms with Crippen LogP contribution in [0.4, 0.5) is 0 Å². The molecule has 102 valence electrons. The molecule has 0 saturated carbocycles. The van der Waals surface area contributed by atoms with Crippen LogP contribution >= 0.6 is 12.2 Å². The van der Waals surface area contributed by atoms with Gasteiger partial charge in [0.1, 0.15) is 0 Å². The van der Waals surface area contributed by atoms with E-state index in [2.05, 4.69) is 4.90 Å². The molecular weight excluding hydrogens is 246 g/mol. The van der Waals surface area contributed by atoms with Crippen LogP contribution in [0.5, 0.6) is 0 Å². The van der Waals surface area contributed by atoms with Crippen LogP contribution in [0.3, 0.4) is 0 Å². The van der Waals surface area contributed by atoms with Crippen LogP contribution in [0.25, 0.3) is 0 Å². The smallest absolute Gasteiger partial charge is 0.232 e. The van der Waals surface area contributed by atoms with Gasteiger partial charge in [0, 0.05) is 19.1 Å². The molecule has 2 rings (SSSR count). The second kappa shape index (κ2) is 5.97. The quantitative estimate of drug-likeness (QED) is 0.774. The standard InChI is InChI=1S/C13H23N3OS/c1-2-11(12(14)18)13(17)16-8-5-10(9-16)15-6-3-4-7-15/h10-11H,2-9H2,1H3,(H2,14,18). The van der Waals surface area contributed by atoms with Crippen molar-refractivity contribution in [1.82, 2.24) is 9.80 Å². The number of carbonyl (C=O) groups is 1. The van der Waals surface area contributed by atoms with Crippen LogP contribution in [0, 0.1) is 5.92 Å². The number of nitrogens with zero attached hydrogens (tertiary/aromatic N) is 2. The van der Waals surface area contributed by atoms with E-state index in [1.54, 1.807) is 0 Å². The van der Waals surface area contributed by atoms with E-state index in [1.807, 2.05) is 11.8 Å². The van der Waals surface area contributed by atoms with E-state index in [9.17, 15) is 4.79 Å². The predicted octanol–water partition coefficient (Wildman–Crippen LogP) is 0.995. The molecule has 0 radical (unpaired) electrons. The van der Waals surface area contributed by atoms with Gasteiger partial charge >= 0.3 is 0 Å². The number of likely N-dealkylation sites (tertiary alicyclic amines) is 2. The highest BCUT2D eigenvalue weighted by molar-refractivity contribution is 7.80. The zero-order valence-corrected chi connectivity index (χ0v) is 11.9. The minimum Gasteiger partial charge on any atom is -0.393 e. The Morgan fingerprint density at radius 1 is 1.39 bits per heavy atom. The number of hydrogen-bond acceptors (Lipinski definition) is 3. The topological polar surface area (TPSA) is 49.6 Å². The number of rotatable bonds is 4. The minimum absolute atomic E-state index is 0.131. The molecule has 2 aliphatic heterocycles. The maximum absolute atomic E-state index is 12.3. The summed E-state index contributed by atoms with van der Waals surface area (Å²) in [5, 5.41) is 0. The summed E-state index contributed by atoms with van der Waals surface area (Å²) in [4.78, 5) is 17.1. The molecule has 0 aromatic rings. The van der Waals surface area contributed by atoms with Crippen molar-refractivity contribution < 1.29 is 4.79 Å². The van der Waals surface area contributed by atoms with E-state index in [1.165, 1.54) is 25.9 Å². The molecule has 5 heteroatoms. The Bertz CT molecular complexity index is 328. The molecule has 0 aliphatic carbocycles. The zero-order valence-electron chi connectivity index (χ0n) is 11.1. The molecule has 0 bridgehead atoms. The lowest BCUT2D eigenvalue weighted by atomic mass is 10.1. The summed E-state index contributed by atoms with van der Waals surface area (Å²) in [6, 6.07) is 0.556. The molecule has 4 nitrogen and oxygen atoms in total. The van der Waals surface area contributed by atoms with Crippen molar-refractivity contribution in [3.63, 3.8) is 0 Å². The highest BCUT2D eigenvalue weighted by Crippen LogP contribution is 2.22. The molecule has 2 unspecified atom stereocenters. The zero-order chi connectivity index (χ0) is 13.1. The lowest BCUT2D eigenvalue weighted by molar-refractivity contribution is -0.132. The van der Waals surface area contributed by atoms with Crippen LogP contribution in [0.1, 0.15) is 32.6 Å². The van der Waals surface area contributed by atoms with Crippen molar-refractivity contribution in [2.24, 2.45) is 11.7 Å². The van der Waals surface area contributed by atoms with Gasteiger partial charge in [-0.3, -0.25) is 9.69 Å². The van der Waals surface area contributed by atoms with Crippen LogP contribution in [0.2, 0.25) is 0 Å². The fraction of sp³-hybridized carbons (Fsp3) is 0.846. The number of thiocarbonyl (C=S) groups is 1. The largest absolute Gasteiger partial charge is 0.393 e. The fourth-order valence-electron chi connectivity index (χ4n) is 3.06. The molecule has 0 spiro atoms. The van der Waals surface area contributed by atoms with E-state index in [0.717, 1.165) is 19.5 Å². The Balaban J connectivity index is 1.91. The maximum atomic E-state index is 12.3. The third kappa shape index (κ3) is 2.83. The van der Waals surface area contributed by atoms with Gasteiger partial charge in [0.25, 0.3) is 0 Å². The Kier molecular flexibility index (Phi) is 4.56. The molecule has 2 fully saturated rings. The SMILES string of the molecule is CCC(C(=O)N1CCC(N2CCCC2)C1)C(N)=S. The normalized spacial score (nSPS) is 26.5. The summed E-state index contributed by atoms with van der Waals surface area (Å²) in [7, 11) is 0. The summed E-state index contributed by atoms with van der Waals surface area (Å²) in [6.07, 6.45) is 4.41. The average molecular weight is 269 g/mol. The average Bonchev–Trinajstić information content (AvgIpc) is 3.00. The van der Waals surface area contributed by atoms with E-state index in [4.69, 9.17) is 18.0 Å². The van der Waals surface area contributed by atoms with Gasteiger partial charge in [-0.05, 0) is 38.8 Å². The Morgan fingerprint density at radius 3 is 2.61 bits per heavy atom. The van der Waals surface area contributed by atoms with Gasteiger partial charge in [-0.1, -0.05) is 19.1 Å². The molecular formula is C13H23N3OS. The van der Waals surface area contributed by atoms with Crippen LogP contribution < -0.4 is 5.73 Å². The summed E-state index contributed by atoms with van der Waals surface area (Å²) in [5.74, 6) is -0.135. The first-order chi connectivity index (χ1) is 8.63. The number of hydrogen-bond donors (Lipinski definition) is 1. The molecule has 2 N–H and O–H groups in total.